The summed E-state index contributed by atoms with van der Waals surface area (Å²) >= 11 is 0. The molecule has 0 spiro atoms. The molecule has 0 aromatic carbocycles. The van der Waals surface area contributed by atoms with E-state index in [1.54, 1.807) is 0 Å². The standard InChI is InChI=1S/C12H27N3O3/c1-5-10(15(3)4)12(17)9(2)18-7-6-14-11(16)8-13/h9-10,12,17H,5-8,13H2,1-4H3,(H,14,16)/t9-,10?,12?/m0/s1. The fourth-order valence-corrected chi connectivity index (χ4v) is 1.83. The number of hydrogen-bond acceptors (Lipinski definition) is 5. The van der Waals surface area contributed by atoms with Crippen LogP contribution in [0.4, 0.5) is 0 Å². The smallest absolute Gasteiger partial charge is 0.233 e. The van der Waals surface area contributed by atoms with Crippen molar-refractivity contribution in [1.82, 2.24) is 10.2 Å². The highest BCUT2D eigenvalue weighted by molar-refractivity contribution is 5.77. The maximum Gasteiger partial charge on any atom is 0.233 e. The van der Waals surface area contributed by atoms with E-state index in [0.29, 0.717) is 13.2 Å². The molecule has 0 radical (unpaired) electrons. The lowest BCUT2D eigenvalue weighted by Gasteiger charge is -2.31. The van der Waals surface area contributed by atoms with Crippen molar-refractivity contribution in [3.05, 3.63) is 0 Å². The Hall–Kier alpha value is -0.690. The number of likely N-dealkylation sites (N-methyl/N-ethyl adjacent to an activating group) is 1. The molecule has 0 aliphatic carbocycles. The highest BCUT2D eigenvalue weighted by Crippen LogP contribution is 2.11. The van der Waals surface area contributed by atoms with Crippen LogP contribution in [-0.2, 0) is 9.53 Å². The van der Waals surface area contributed by atoms with Crippen molar-refractivity contribution >= 4 is 5.91 Å². The quantitative estimate of drug-likeness (QED) is 0.471. The van der Waals surface area contributed by atoms with Crippen molar-refractivity contribution in [1.29, 1.82) is 0 Å². The van der Waals surface area contributed by atoms with E-state index >= 15 is 0 Å². The lowest BCUT2D eigenvalue weighted by molar-refractivity contribution is -0.120. The Morgan fingerprint density at radius 1 is 1.50 bits per heavy atom. The summed E-state index contributed by atoms with van der Waals surface area (Å²) in [5.74, 6) is -0.202. The van der Waals surface area contributed by atoms with Gasteiger partial charge in [-0.15, -0.1) is 0 Å². The first kappa shape index (κ1) is 17.3. The predicted octanol–water partition coefficient (Wildman–Crippen LogP) is -0.832. The summed E-state index contributed by atoms with van der Waals surface area (Å²) in [6, 6.07) is 0.0682. The Labute approximate surface area is 109 Å². The summed E-state index contributed by atoms with van der Waals surface area (Å²) in [5, 5.41) is 12.7. The van der Waals surface area contributed by atoms with Gasteiger partial charge in [0, 0.05) is 12.6 Å². The van der Waals surface area contributed by atoms with Gasteiger partial charge in [0.1, 0.15) is 0 Å². The average molecular weight is 261 g/mol. The lowest BCUT2D eigenvalue weighted by atomic mass is 10.0. The molecular formula is C12H27N3O3. The summed E-state index contributed by atoms with van der Waals surface area (Å²) in [4.78, 5) is 12.9. The monoisotopic (exact) mass is 261 g/mol. The number of rotatable bonds is 9. The van der Waals surface area contributed by atoms with Gasteiger partial charge in [0.15, 0.2) is 0 Å². The Morgan fingerprint density at radius 3 is 2.56 bits per heavy atom. The second-order valence-corrected chi connectivity index (χ2v) is 4.56. The molecule has 0 aromatic rings. The van der Waals surface area contributed by atoms with Crippen LogP contribution in [0.1, 0.15) is 20.3 Å². The second-order valence-electron chi connectivity index (χ2n) is 4.56. The number of nitrogens with one attached hydrogen (secondary N) is 1. The van der Waals surface area contributed by atoms with Crippen LogP contribution in [-0.4, -0.2) is 68.0 Å². The van der Waals surface area contributed by atoms with Crippen molar-refractivity contribution in [2.24, 2.45) is 5.73 Å². The molecule has 0 rings (SSSR count). The van der Waals surface area contributed by atoms with Gasteiger partial charge in [-0.25, -0.2) is 0 Å². The highest BCUT2D eigenvalue weighted by Gasteiger charge is 2.25. The van der Waals surface area contributed by atoms with Crippen molar-refractivity contribution in [2.75, 3.05) is 33.8 Å². The van der Waals surface area contributed by atoms with E-state index in [2.05, 4.69) is 5.32 Å². The van der Waals surface area contributed by atoms with Gasteiger partial charge in [0.05, 0.1) is 25.4 Å². The number of aliphatic hydroxyl groups excluding tert-OH is 1. The second kappa shape index (κ2) is 9.27. The molecule has 0 fully saturated rings. The summed E-state index contributed by atoms with van der Waals surface area (Å²) in [7, 11) is 3.87. The molecule has 0 bridgehead atoms. The molecule has 0 saturated carbocycles. The zero-order valence-corrected chi connectivity index (χ0v) is 11.8. The Bertz CT molecular complexity index is 237. The van der Waals surface area contributed by atoms with Gasteiger partial charge < -0.3 is 25.8 Å². The maximum atomic E-state index is 10.9. The maximum absolute atomic E-state index is 10.9. The first-order valence-electron chi connectivity index (χ1n) is 6.36. The van der Waals surface area contributed by atoms with E-state index in [4.69, 9.17) is 10.5 Å². The highest BCUT2D eigenvalue weighted by atomic mass is 16.5. The number of aliphatic hydroxyl groups is 1. The molecule has 0 heterocycles. The average Bonchev–Trinajstić information content (AvgIpc) is 2.34. The zero-order chi connectivity index (χ0) is 14.1. The number of amides is 1. The number of carbonyl (C=O) groups excluding carboxylic acids is 1. The van der Waals surface area contributed by atoms with E-state index in [1.165, 1.54) is 0 Å². The van der Waals surface area contributed by atoms with Crippen LogP contribution in [0, 0.1) is 0 Å². The van der Waals surface area contributed by atoms with Crippen molar-refractivity contribution in [3.8, 4) is 0 Å². The van der Waals surface area contributed by atoms with Crippen molar-refractivity contribution in [2.45, 2.75) is 38.5 Å². The molecule has 2 unspecified atom stereocenters. The molecule has 0 saturated heterocycles. The van der Waals surface area contributed by atoms with Crippen LogP contribution < -0.4 is 11.1 Å². The van der Waals surface area contributed by atoms with Gasteiger partial charge in [-0.05, 0) is 27.4 Å². The van der Waals surface area contributed by atoms with Crippen LogP contribution in [0.5, 0.6) is 0 Å². The number of hydrogen-bond donors (Lipinski definition) is 3. The predicted molar refractivity (Wildman–Crippen MR) is 71.3 cm³/mol. The Morgan fingerprint density at radius 2 is 2.11 bits per heavy atom. The first-order valence-corrected chi connectivity index (χ1v) is 6.36. The third-order valence-corrected chi connectivity index (χ3v) is 2.95. The third-order valence-electron chi connectivity index (χ3n) is 2.95. The van der Waals surface area contributed by atoms with Crippen molar-refractivity contribution < 1.29 is 14.6 Å². The van der Waals surface area contributed by atoms with Crippen LogP contribution in [0.15, 0.2) is 0 Å². The minimum absolute atomic E-state index is 0.0171. The summed E-state index contributed by atoms with van der Waals surface area (Å²) in [6.07, 6.45) is 0.0357. The van der Waals surface area contributed by atoms with E-state index in [9.17, 15) is 9.90 Å². The Kier molecular flexibility index (Phi) is 8.91. The number of ether oxygens (including phenoxy) is 1. The molecule has 3 atom stereocenters. The van der Waals surface area contributed by atoms with Gasteiger partial charge in [-0.2, -0.15) is 0 Å². The molecule has 0 aliphatic heterocycles. The molecule has 1 amide bonds. The van der Waals surface area contributed by atoms with Crippen LogP contribution >= 0.6 is 0 Å². The van der Waals surface area contributed by atoms with E-state index in [1.807, 2.05) is 32.8 Å². The Balaban J connectivity index is 3.93. The van der Waals surface area contributed by atoms with Gasteiger partial charge in [-0.1, -0.05) is 6.92 Å². The normalized spacial score (nSPS) is 16.4. The minimum Gasteiger partial charge on any atom is -0.389 e. The van der Waals surface area contributed by atoms with E-state index in [-0.39, 0.29) is 24.6 Å². The van der Waals surface area contributed by atoms with Gasteiger partial charge >= 0.3 is 0 Å². The van der Waals surface area contributed by atoms with Gasteiger partial charge in [-0.3, -0.25) is 4.79 Å². The fraction of sp³-hybridized carbons (Fsp3) is 0.917. The van der Waals surface area contributed by atoms with E-state index in [0.717, 1.165) is 6.42 Å². The summed E-state index contributed by atoms with van der Waals surface area (Å²) in [6.45, 7) is 4.63. The summed E-state index contributed by atoms with van der Waals surface area (Å²) < 4.78 is 5.50. The van der Waals surface area contributed by atoms with Crippen LogP contribution in [0.3, 0.4) is 0 Å². The number of nitrogens with two attached hydrogens (primary N) is 1. The fourth-order valence-electron chi connectivity index (χ4n) is 1.83. The van der Waals surface area contributed by atoms with Crippen molar-refractivity contribution in [3.63, 3.8) is 0 Å². The lowest BCUT2D eigenvalue weighted by Crippen LogP contribution is -2.45. The minimum atomic E-state index is -0.546. The molecule has 0 aromatic heterocycles. The molecular weight excluding hydrogens is 234 g/mol. The van der Waals surface area contributed by atoms with E-state index < -0.39 is 6.10 Å². The molecule has 6 heteroatoms. The molecule has 108 valence electrons. The molecule has 0 aliphatic rings. The summed E-state index contributed by atoms with van der Waals surface area (Å²) in [5.41, 5.74) is 5.15. The van der Waals surface area contributed by atoms with Gasteiger partial charge in [0.25, 0.3) is 0 Å². The largest absolute Gasteiger partial charge is 0.389 e. The zero-order valence-electron chi connectivity index (χ0n) is 11.8. The third kappa shape index (κ3) is 6.30. The topological polar surface area (TPSA) is 87.8 Å². The molecule has 18 heavy (non-hydrogen) atoms. The first-order chi connectivity index (χ1) is 8.43. The molecule has 6 nitrogen and oxygen atoms in total. The number of nitrogens with zero attached hydrogens (tertiary/aromatic N) is 1. The van der Waals surface area contributed by atoms with Gasteiger partial charge in [0.2, 0.25) is 5.91 Å². The SMILES string of the molecule is CCC(C(O)[C@H](C)OCCNC(=O)CN)N(C)C. The van der Waals surface area contributed by atoms with Crippen LogP contribution in [0.2, 0.25) is 0 Å². The number of carbonyl (C=O) groups is 1. The van der Waals surface area contributed by atoms with Crippen LogP contribution in [0.25, 0.3) is 0 Å². The molecule has 4 N–H and O–H groups in total.